The van der Waals surface area contributed by atoms with Crippen LogP contribution in [0.2, 0.25) is 0 Å². The molecule has 2 N–H and O–H groups in total. The van der Waals surface area contributed by atoms with E-state index in [-0.39, 0.29) is 0 Å². The molecule has 0 aliphatic rings. The number of primary amides is 1. The first-order valence-corrected chi connectivity index (χ1v) is 9.97. The van der Waals surface area contributed by atoms with Crippen molar-refractivity contribution in [2.75, 3.05) is 0 Å². The summed E-state index contributed by atoms with van der Waals surface area (Å²) in [6.07, 6.45) is 6.92. The summed E-state index contributed by atoms with van der Waals surface area (Å²) in [5.74, 6) is -0.395. The summed E-state index contributed by atoms with van der Waals surface area (Å²) in [4.78, 5) is 20.2. The van der Waals surface area contributed by atoms with Crippen molar-refractivity contribution >= 4 is 80.6 Å². The molecular weight excluding hydrogens is 488 g/mol. The van der Waals surface area contributed by atoms with Gasteiger partial charge in [-0.15, -0.1) is 22.7 Å². The number of fused-ring (bicyclic) bond motifs is 2. The van der Waals surface area contributed by atoms with E-state index >= 15 is 0 Å². The van der Waals surface area contributed by atoms with Gasteiger partial charge < -0.3 is 5.73 Å². The summed E-state index contributed by atoms with van der Waals surface area (Å²) in [7, 11) is 0. The Balaban J connectivity index is 0.000000146. The van der Waals surface area contributed by atoms with E-state index in [0.717, 1.165) is 34.0 Å². The Morgan fingerprint density at radius 1 is 1.00 bits per heavy atom. The van der Waals surface area contributed by atoms with Crippen LogP contribution in [-0.2, 0) is 0 Å². The van der Waals surface area contributed by atoms with Crippen molar-refractivity contribution in [1.82, 2.24) is 9.97 Å². The highest BCUT2D eigenvalue weighted by Gasteiger charge is 2.08. The van der Waals surface area contributed by atoms with Gasteiger partial charge in [0.05, 0.1) is 14.3 Å². The van der Waals surface area contributed by atoms with E-state index in [2.05, 4.69) is 47.9 Å². The summed E-state index contributed by atoms with van der Waals surface area (Å²) in [6.45, 7) is 0. The normalized spacial score (nSPS) is 10.3. The number of aromatic nitrogens is 2. The van der Waals surface area contributed by atoms with Gasteiger partial charge in [-0.05, 0) is 44.0 Å². The van der Waals surface area contributed by atoms with Crippen molar-refractivity contribution in [3.05, 3.63) is 55.6 Å². The van der Waals surface area contributed by atoms with E-state index in [4.69, 9.17) is 11.0 Å². The molecule has 5 nitrogen and oxygen atoms in total. The molecule has 25 heavy (non-hydrogen) atoms. The third kappa shape index (κ3) is 3.88. The van der Waals surface area contributed by atoms with Crippen LogP contribution in [0.4, 0.5) is 0 Å². The van der Waals surface area contributed by atoms with E-state index in [9.17, 15) is 4.79 Å². The number of nitrogens with two attached hydrogens (primary N) is 1. The minimum Gasteiger partial charge on any atom is -0.365 e. The lowest BCUT2D eigenvalue weighted by Crippen LogP contribution is -2.07. The third-order valence-electron chi connectivity index (χ3n) is 3.15. The quantitative estimate of drug-likeness (QED) is 0.398. The summed E-state index contributed by atoms with van der Waals surface area (Å²) >= 11 is 9.54. The lowest BCUT2D eigenvalue weighted by atomic mass is 10.3. The second kappa shape index (κ2) is 7.58. The van der Waals surface area contributed by atoms with Gasteiger partial charge in [0.15, 0.2) is 0 Å². The zero-order valence-corrected chi connectivity index (χ0v) is 17.2. The van der Waals surface area contributed by atoms with Gasteiger partial charge in [-0.25, -0.2) is 0 Å². The van der Waals surface area contributed by atoms with E-state index in [0.29, 0.717) is 4.88 Å². The molecule has 9 heteroatoms. The summed E-state index contributed by atoms with van der Waals surface area (Å²) in [5.41, 5.74) is 5.16. The van der Waals surface area contributed by atoms with E-state index < -0.39 is 5.91 Å². The first-order valence-electron chi connectivity index (χ1n) is 6.75. The van der Waals surface area contributed by atoms with Gasteiger partial charge in [-0.1, -0.05) is 0 Å². The maximum Gasteiger partial charge on any atom is 0.258 e. The minimum atomic E-state index is -0.395. The van der Waals surface area contributed by atoms with Crippen LogP contribution in [0.15, 0.2) is 45.9 Å². The summed E-state index contributed by atoms with van der Waals surface area (Å²) in [6, 6.07) is 5.75. The van der Waals surface area contributed by atoms with Crippen molar-refractivity contribution in [1.29, 1.82) is 5.26 Å². The van der Waals surface area contributed by atoms with Crippen LogP contribution in [-0.4, -0.2) is 15.9 Å². The Bertz CT molecular complexity index is 1130. The zero-order valence-electron chi connectivity index (χ0n) is 12.4. The fourth-order valence-electron chi connectivity index (χ4n) is 2.03. The van der Waals surface area contributed by atoms with Crippen LogP contribution in [0.3, 0.4) is 0 Å². The van der Waals surface area contributed by atoms with Gasteiger partial charge >= 0.3 is 0 Å². The number of thiophene rings is 2. The number of halogens is 2. The SMILES string of the molecule is N#Cc1cc2c(Br)cncc2s1.NC(=O)c1cc2c(Br)cncc2s1. The molecule has 4 aromatic rings. The molecule has 0 radical (unpaired) electrons. The molecule has 0 fully saturated rings. The van der Waals surface area contributed by atoms with E-state index in [1.54, 1.807) is 30.9 Å². The second-order valence-corrected chi connectivity index (χ2v) is 8.64. The highest BCUT2D eigenvalue weighted by atomic mass is 79.9. The topological polar surface area (TPSA) is 92.7 Å². The molecule has 0 saturated heterocycles. The average Bonchev–Trinajstić information content (AvgIpc) is 3.20. The minimum absolute atomic E-state index is 0.395. The molecule has 0 atom stereocenters. The van der Waals surface area contributed by atoms with Crippen molar-refractivity contribution in [2.24, 2.45) is 5.73 Å². The molecule has 1 amide bonds. The number of hydrogen-bond acceptors (Lipinski definition) is 6. The summed E-state index contributed by atoms with van der Waals surface area (Å²) in [5, 5.41) is 10.7. The maximum atomic E-state index is 10.9. The summed E-state index contributed by atoms with van der Waals surface area (Å²) < 4.78 is 3.83. The Morgan fingerprint density at radius 2 is 1.56 bits per heavy atom. The molecule has 4 aromatic heterocycles. The average molecular weight is 496 g/mol. The van der Waals surface area contributed by atoms with Crippen LogP contribution < -0.4 is 5.73 Å². The van der Waals surface area contributed by atoms with Gasteiger partial charge in [-0.2, -0.15) is 5.26 Å². The molecule has 0 bridgehead atoms. The Labute approximate surface area is 167 Å². The van der Waals surface area contributed by atoms with Crippen LogP contribution in [0.1, 0.15) is 14.5 Å². The van der Waals surface area contributed by atoms with Crippen molar-refractivity contribution < 1.29 is 4.79 Å². The molecule has 0 saturated carbocycles. The van der Waals surface area contributed by atoms with Gasteiger partial charge in [0.1, 0.15) is 10.9 Å². The van der Waals surface area contributed by atoms with Crippen molar-refractivity contribution in [3.8, 4) is 6.07 Å². The fourth-order valence-corrected chi connectivity index (χ4v) is 4.95. The zero-order chi connectivity index (χ0) is 18.0. The van der Waals surface area contributed by atoms with E-state index in [1.165, 1.54) is 22.7 Å². The second-order valence-electron chi connectivity index (χ2n) is 4.76. The van der Waals surface area contributed by atoms with Crippen molar-refractivity contribution in [3.63, 3.8) is 0 Å². The predicted molar refractivity (Wildman–Crippen MR) is 108 cm³/mol. The predicted octanol–water partition coefficient (Wildman–Crippen LogP) is 5.09. The van der Waals surface area contributed by atoms with Gasteiger partial charge in [0.2, 0.25) is 0 Å². The smallest absolute Gasteiger partial charge is 0.258 e. The van der Waals surface area contributed by atoms with Gasteiger partial charge in [0.25, 0.3) is 5.91 Å². The molecule has 0 aliphatic heterocycles. The number of carbonyl (C=O) groups excluding carboxylic acids is 1. The van der Waals surface area contributed by atoms with Crippen molar-refractivity contribution in [2.45, 2.75) is 0 Å². The molecule has 4 heterocycles. The highest BCUT2D eigenvalue weighted by Crippen LogP contribution is 2.30. The maximum absolute atomic E-state index is 10.9. The van der Waals surface area contributed by atoms with Crippen LogP contribution >= 0.6 is 54.5 Å². The van der Waals surface area contributed by atoms with Gasteiger partial charge in [0, 0.05) is 44.5 Å². The highest BCUT2D eigenvalue weighted by molar-refractivity contribution is 9.11. The van der Waals surface area contributed by atoms with Crippen LogP contribution in [0.5, 0.6) is 0 Å². The monoisotopic (exact) mass is 494 g/mol. The first kappa shape index (κ1) is 17.9. The largest absolute Gasteiger partial charge is 0.365 e. The van der Waals surface area contributed by atoms with Crippen LogP contribution in [0.25, 0.3) is 20.2 Å². The third-order valence-corrected chi connectivity index (χ3v) is 6.47. The number of hydrogen-bond donors (Lipinski definition) is 1. The molecule has 0 aromatic carbocycles. The molecule has 0 aliphatic carbocycles. The number of nitrogens with zero attached hydrogens (tertiary/aromatic N) is 3. The van der Waals surface area contributed by atoms with Gasteiger partial charge in [-0.3, -0.25) is 14.8 Å². The first-order chi connectivity index (χ1) is 12.0. The molecule has 0 unspecified atom stereocenters. The number of rotatable bonds is 1. The lowest BCUT2D eigenvalue weighted by Gasteiger charge is -1.89. The Kier molecular flexibility index (Phi) is 5.44. The number of carbonyl (C=O) groups is 1. The molecule has 124 valence electrons. The number of amides is 1. The Hall–Kier alpha value is -1.86. The van der Waals surface area contributed by atoms with Crippen LogP contribution in [0, 0.1) is 11.3 Å². The molecular formula is C16H8Br2N4OS2. The standard InChI is InChI=1S/C8H5BrN2OS.C8H3BrN2S/c9-5-2-11-3-7-4(5)1-6(13-7)8(10)12;9-7-3-11-4-8-6(7)1-5(2-10)12-8/h1-3H,(H2,10,12);1,3-4H. The lowest BCUT2D eigenvalue weighted by molar-refractivity contribution is 0.100. The molecule has 4 rings (SSSR count). The Morgan fingerprint density at radius 3 is 2.04 bits per heavy atom. The number of pyridine rings is 2. The fraction of sp³-hybridized carbons (Fsp3) is 0. The number of nitriles is 1. The van der Waals surface area contributed by atoms with E-state index in [1.807, 2.05) is 6.07 Å². The molecule has 0 spiro atoms.